The Kier molecular flexibility index (Phi) is 9.02. The summed E-state index contributed by atoms with van der Waals surface area (Å²) in [5, 5.41) is 4.07. The molecule has 0 radical (unpaired) electrons. The fourth-order valence-corrected chi connectivity index (χ4v) is 8.34. The lowest BCUT2D eigenvalue weighted by Gasteiger charge is -2.56. The molecule has 0 aliphatic carbocycles. The molecule has 12 nitrogen and oxygen atoms in total. The first-order valence-corrected chi connectivity index (χ1v) is 17.3. The molecule has 3 aliphatic rings. The number of piperazine rings is 1. The lowest BCUT2D eigenvalue weighted by Crippen LogP contribution is -2.66. The molecule has 0 bridgehead atoms. The largest absolute Gasteiger partial charge is 0.493 e. The number of aromatic amines is 1. The molecule has 3 aliphatic heterocycles. The second-order valence-corrected chi connectivity index (χ2v) is 13.3. The van der Waals surface area contributed by atoms with Gasteiger partial charge in [-0.25, -0.2) is 0 Å². The Morgan fingerprint density at radius 1 is 0.960 bits per heavy atom. The van der Waals surface area contributed by atoms with Crippen LogP contribution in [0.1, 0.15) is 53.6 Å². The number of benzene rings is 2. The number of hydrogen-bond donors (Lipinski definition) is 2. The van der Waals surface area contributed by atoms with Gasteiger partial charge in [-0.1, -0.05) is 31.2 Å². The molecule has 7 rings (SSSR count). The van der Waals surface area contributed by atoms with Crippen molar-refractivity contribution in [2.75, 3.05) is 46.9 Å². The predicted octanol–water partition coefficient (Wildman–Crippen LogP) is 4.10. The van der Waals surface area contributed by atoms with Gasteiger partial charge < -0.3 is 38.9 Å². The average Bonchev–Trinajstić information content (AvgIpc) is 3.83. The number of piperidine rings is 1. The molecule has 4 aromatic rings. The number of nitrogens with one attached hydrogen (secondary N) is 2. The Hall–Kier alpha value is -5.26. The topological polar surface area (TPSA) is 137 Å². The first-order chi connectivity index (χ1) is 24.3. The number of methoxy groups -OCH3 is 2. The molecule has 3 atom stereocenters. The van der Waals surface area contributed by atoms with Gasteiger partial charge in [0.15, 0.2) is 17.3 Å². The second kappa shape index (κ2) is 13.6. The van der Waals surface area contributed by atoms with E-state index in [0.717, 1.165) is 27.7 Å². The van der Waals surface area contributed by atoms with Gasteiger partial charge in [0.05, 0.1) is 31.9 Å². The van der Waals surface area contributed by atoms with Crippen molar-refractivity contribution in [3.05, 3.63) is 83.4 Å². The van der Waals surface area contributed by atoms with Gasteiger partial charge >= 0.3 is 0 Å². The maximum Gasteiger partial charge on any atom is 0.289 e. The molecular weight excluding hydrogens is 638 g/mol. The van der Waals surface area contributed by atoms with E-state index in [2.05, 4.69) is 16.4 Å². The van der Waals surface area contributed by atoms with Crippen LogP contribution in [0.5, 0.6) is 11.5 Å². The maximum absolute atomic E-state index is 14.8. The van der Waals surface area contributed by atoms with Crippen molar-refractivity contribution in [3.8, 4) is 11.5 Å². The smallest absolute Gasteiger partial charge is 0.289 e. The van der Waals surface area contributed by atoms with E-state index in [1.54, 1.807) is 37.3 Å². The SMILES string of the molecule is CC[C@]12c3[nH]c4ccccc4c3CCN1C(=O)C(CC(=O)NCc1ccc(OC)c(OC)c1)C[C@@H]2C(=O)N1CCN(C(=O)c2ccco2)CC1. The predicted molar refractivity (Wildman–Crippen MR) is 184 cm³/mol. The van der Waals surface area contributed by atoms with Gasteiger partial charge in [0, 0.05) is 68.2 Å². The fraction of sp³-hybridized carbons (Fsp3) is 0.421. The molecule has 2 aromatic heterocycles. The van der Waals surface area contributed by atoms with Gasteiger partial charge in [-0.05, 0) is 60.7 Å². The van der Waals surface area contributed by atoms with Crippen molar-refractivity contribution >= 4 is 34.5 Å². The van der Waals surface area contributed by atoms with Crippen LogP contribution in [0.25, 0.3) is 10.9 Å². The molecule has 2 fully saturated rings. The zero-order valence-electron chi connectivity index (χ0n) is 28.7. The van der Waals surface area contributed by atoms with Crippen molar-refractivity contribution in [2.24, 2.45) is 11.8 Å². The number of hydrogen-bond acceptors (Lipinski definition) is 7. The molecule has 262 valence electrons. The number of ether oxygens (including phenoxy) is 2. The van der Waals surface area contributed by atoms with Crippen LogP contribution in [0, 0.1) is 11.8 Å². The molecule has 1 unspecified atom stereocenters. The van der Waals surface area contributed by atoms with Crippen LogP contribution in [0.2, 0.25) is 0 Å². The zero-order chi connectivity index (χ0) is 35.0. The summed E-state index contributed by atoms with van der Waals surface area (Å²) in [6, 6.07) is 16.9. The standard InChI is InChI=1S/C38H43N5O7/c1-4-38-28(36(46)41-15-17-42(18-16-41)37(47)31-10-7-19-50-31)21-25(22-33(44)39-23-24-11-12-30(48-2)32(20-24)49-3)35(45)43(38)14-13-27-26-8-5-6-9-29(26)40-34(27)38/h5-12,19-20,25,28,40H,4,13-18,21-23H2,1-3H3,(H,39,44)/t25?,28-,38+/m1/s1. The summed E-state index contributed by atoms with van der Waals surface area (Å²) in [5.41, 5.74) is 2.98. The lowest BCUT2D eigenvalue weighted by atomic mass is 9.65. The minimum absolute atomic E-state index is 0.0306. The van der Waals surface area contributed by atoms with Crippen molar-refractivity contribution in [1.82, 2.24) is 25.0 Å². The highest BCUT2D eigenvalue weighted by Crippen LogP contribution is 2.52. The Morgan fingerprint density at radius 2 is 1.72 bits per heavy atom. The van der Waals surface area contributed by atoms with E-state index in [4.69, 9.17) is 13.9 Å². The third-order valence-corrected chi connectivity index (χ3v) is 10.8. The monoisotopic (exact) mass is 681 g/mol. The summed E-state index contributed by atoms with van der Waals surface area (Å²) in [7, 11) is 3.12. The minimum atomic E-state index is -0.894. The third-order valence-electron chi connectivity index (χ3n) is 10.8. The second-order valence-electron chi connectivity index (χ2n) is 13.3. The molecule has 0 spiro atoms. The summed E-state index contributed by atoms with van der Waals surface area (Å²) in [6.07, 6.45) is 2.87. The molecule has 5 heterocycles. The van der Waals surface area contributed by atoms with Gasteiger partial charge in [-0.15, -0.1) is 0 Å². The average molecular weight is 682 g/mol. The summed E-state index contributed by atoms with van der Waals surface area (Å²) in [5.74, 6) is -0.446. The lowest BCUT2D eigenvalue weighted by molar-refractivity contribution is -0.167. The summed E-state index contributed by atoms with van der Waals surface area (Å²) >= 11 is 0. The van der Waals surface area contributed by atoms with Crippen LogP contribution in [0.15, 0.2) is 65.3 Å². The van der Waals surface area contributed by atoms with Crippen LogP contribution in [0.3, 0.4) is 0 Å². The van der Waals surface area contributed by atoms with Crippen molar-refractivity contribution in [2.45, 2.75) is 44.7 Å². The number of nitrogens with zero attached hydrogens (tertiary/aromatic N) is 3. The highest BCUT2D eigenvalue weighted by molar-refractivity contribution is 5.94. The molecule has 12 heteroatoms. The third kappa shape index (κ3) is 5.66. The number of carbonyl (C=O) groups excluding carboxylic acids is 4. The molecular formula is C38H43N5O7. The number of fused-ring (bicyclic) bond motifs is 5. The number of para-hydroxylation sites is 1. The Labute approximate surface area is 290 Å². The van der Waals surface area contributed by atoms with Crippen LogP contribution in [0.4, 0.5) is 0 Å². The van der Waals surface area contributed by atoms with Crippen LogP contribution < -0.4 is 14.8 Å². The van der Waals surface area contributed by atoms with Crippen LogP contribution >= 0.6 is 0 Å². The van der Waals surface area contributed by atoms with E-state index in [0.29, 0.717) is 57.1 Å². The van der Waals surface area contributed by atoms with Gasteiger partial charge in [-0.3, -0.25) is 19.2 Å². The van der Waals surface area contributed by atoms with E-state index >= 15 is 0 Å². The van der Waals surface area contributed by atoms with Crippen molar-refractivity contribution in [3.63, 3.8) is 0 Å². The number of H-pyrrole nitrogens is 1. The van der Waals surface area contributed by atoms with E-state index < -0.39 is 17.4 Å². The fourth-order valence-electron chi connectivity index (χ4n) is 8.34. The van der Waals surface area contributed by atoms with E-state index in [-0.39, 0.29) is 48.8 Å². The first-order valence-electron chi connectivity index (χ1n) is 17.3. The van der Waals surface area contributed by atoms with Crippen molar-refractivity contribution < 1.29 is 33.1 Å². The highest BCUT2D eigenvalue weighted by Gasteiger charge is 2.59. The van der Waals surface area contributed by atoms with Gasteiger partial charge in [0.25, 0.3) is 5.91 Å². The number of carbonyl (C=O) groups is 4. The summed E-state index contributed by atoms with van der Waals surface area (Å²) in [4.78, 5) is 64.7. The molecule has 2 N–H and O–H groups in total. The van der Waals surface area contributed by atoms with Crippen molar-refractivity contribution in [1.29, 1.82) is 0 Å². The van der Waals surface area contributed by atoms with Crippen LogP contribution in [-0.4, -0.2) is 90.3 Å². The van der Waals surface area contributed by atoms with Gasteiger partial charge in [0.2, 0.25) is 17.7 Å². The normalized spacial score (nSPS) is 21.8. The Balaban J connectivity index is 1.15. The quantitative estimate of drug-likeness (QED) is 0.272. The zero-order valence-corrected chi connectivity index (χ0v) is 28.7. The highest BCUT2D eigenvalue weighted by atomic mass is 16.5. The Bertz CT molecular complexity index is 1910. The number of rotatable bonds is 9. The van der Waals surface area contributed by atoms with Crippen LogP contribution in [-0.2, 0) is 32.9 Å². The number of amides is 4. The molecule has 4 amide bonds. The van der Waals surface area contributed by atoms with Gasteiger partial charge in [-0.2, -0.15) is 0 Å². The first kappa shape index (κ1) is 33.2. The molecule has 0 saturated carbocycles. The molecule has 50 heavy (non-hydrogen) atoms. The number of aromatic nitrogens is 1. The van der Waals surface area contributed by atoms with E-state index in [1.165, 1.54) is 6.26 Å². The summed E-state index contributed by atoms with van der Waals surface area (Å²) in [6.45, 7) is 4.23. The van der Waals surface area contributed by atoms with E-state index in [1.807, 2.05) is 47.1 Å². The van der Waals surface area contributed by atoms with E-state index in [9.17, 15) is 19.2 Å². The maximum atomic E-state index is 14.8. The Morgan fingerprint density at radius 3 is 2.44 bits per heavy atom. The van der Waals surface area contributed by atoms with Gasteiger partial charge in [0.1, 0.15) is 0 Å². The summed E-state index contributed by atoms with van der Waals surface area (Å²) < 4.78 is 16.0. The molecule has 2 saturated heterocycles. The minimum Gasteiger partial charge on any atom is -0.493 e. The number of furan rings is 1. The molecule has 2 aromatic carbocycles.